The van der Waals surface area contributed by atoms with E-state index in [9.17, 15) is 15.4 Å². The predicted octanol–water partition coefficient (Wildman–Crippen LogP) is 6.03. The normalized spacial score (nSPS) is 41.9. The SMILES string of the molecule is CC(=O)OC[C@H]1C[C@@H](C)CC[C@]1(C)[C@H]1CC[C@@]2(C)[C@@H](CC[C@@]2(O)c2ccccn2)[C@@H]1CN=[N+]=[N-]. The number of nitrogens with zero attached hydrogens (tertiary/aromatic N) is 4. The van der Waals surface area contributed by atoms with E-state index in [1.807, 2.05) is 18.2 Å². The van der Waals surface area contributed by atoms with Crippen LogP contribution in [0.1, 0.15) is 78.3 Å². The molecule has 0 spiro atoms. The molecule has 1 N–H and O–H groups in total. The van der Waals surface area contributed by atoms with E-state index in [0.717, 1.165) is 44.2 Å². The Kier molecular flexibility index (Phi) is 6.99. The zero-order valence-electron chi connectivity index (χ0n) is 21.1. The van der Waals surface area contributed by atoms with Crippen LogP contribution < -0.4 is 0 Å². The third-order valence-corrected chi connectivity index (χ3v) is 10.2. The molecule has 0 bridgehead atoms. The van der Waals surface area contributed by atoms with Gasteiger partial charge in [-0.05, 0) is 91.2 Å². The number of carbonyl (C=O) groups excluding carboxylic acids is 1. The van der Waals surface area contributed by atoms with Gasteiger partial charge in [0.2, 0.25) is 0 Å². The van der Waals surface area contributed by atoms with Gasteiger partial charge in [0.25, 0.3) is 0 Å². The summed E-state index contributed by atoms with van der Waals surface area (Å²) >= 11 is 0. The van der Waals surface area contributed by atoms with Crippen molar-refractivity contribution in [3.63, 3.8) is 0 Å². The van der Waals surface area contributed by atoms with Gasteiger partial charge in [-0.3, -0.25) is 9.78 Å². The monoisotopic (exact) mass is 468 g/mol. The molecule has 1 heterocycles. The Morgan fingerprint density at radius 3 is 2.68 bits per heavy atom. The van der Waals surface area contributed by atoms with E-state index in [0.29, 0.717) is 37.3 Å². The van der Waals surface area contributed by atoms with Gasteiger partial charge in [0.05, 0.1) is 12.3 Å². The number of pyridine rings is 1. The Labute approximate surface area is 203 Å². The van der Waals surface area contributed by atoms with Crippen LogP contribution in [0.2, 0.25) is 0 Å². The molecule has 0 aliphatic heterocycles. The lowest BCUT2D eigenvalue weighted by molar-refractivity contribution is -0.155. The van der Waals surface area contributed by atoms with Crippen LogP contribution in [0, 0.1) is 40.4 Å². The molecule has 7 heteroatoms. The van der Waals surface area contributed by atoms with Crippen molar-refractivity contribution < 1.29 is 14.6 Å². The van der Waals surface area contributed by atoms with E-state index in [2.05, 4.69) is 35.8 Å². The maximum atomic E-state index is 12.0. The molecule has 0 aromatic carbocycles. The lowest BCUT2D eigenvalue weighted by Crippen LogP contribution is -2.54. The lowest BCUT2D eigenvalue weighted by Gasteiger charge is -2.58. The van der Waals surface area contributed by atoms with Crippen molar-refractivity contribution in [2.75, 3.05) is 13.2 Å². The molecule has 3 aliphatic rings. The average Bonchev–Trinajstić information content (AvgIpc) is 3.10. The smallest absolute Gasteiger partial charge is 0.302 e. The highest BCUT2D eigenvalue weighted by Crippen LogP contribution is 2.67. The maximum absolute atomic E-state index is 12.0. The first kappa shape index (κ1) is 25.0. The molecule has 3 fully saturated rings. The van der Waals surface area contributed by atoms with E-state index in [-0.39, 0.29) is 28.6 Å². The highest BCUT2D eigenvalue weighted by molar-refractivity contribution is 5.65. The Morgan fingerprint density at radius 1 is 1.24 bits per heavy atom. The van der Waals surface area contributed by atoms with Gasteiger partial charge in [-0.1, -0.05) is 38.4 Å². The minimum atomic E-state index is -0.975. The first-order chi connectivity index (χ1) is 16.2. The zero-order valence-corrected chi connectivity index (χ0v) is 21.1. The first-order valence-corrected chi connectivity index (χ1v) is 12.9. The van der Waals surface area contributed by atoms with Crippen molar-refractivity contribution in [3.8, 4) is 0 Å². The fourth-order valence-electron chi connectivity index (χ4n) is 8.13. The van der Waals surface area contributed by atoms with Crippen molar-refractivity contribution in [2.45, 2.75) is 78.2 Å². The van der Waals surface area contributed by atoms with E-state index in [4.69, 9.17) is 4.74 Å². The summed E-state index contributed by atoms with van der Waals surface area (Å²) in [4.78, 5) is 19.3. The molecule has 0 unspecified atom stereocenters. The summed E-state index contributed by atoms with van der Waals surface area (Å²) in [6.45, 7) is 9.28. The molecule has 0 radical (unpaired) electrons. The van der Waals surface area contributed by atoms with Gasteiger partial charge in [-0.15, -0.1) is 0 Å². The van der Waals surface area contributed by atoms with Crippen LogP contribution in [0.25, 0.3) is 10.4 Å². The molecule has 3 saturated carbocycles. The molecule has 1 aromatic heterocycles. The van der Waals surface area contributed by atoms with Gasteiger partial charge >= 0.3 is 5.97 Å². The number of hydrogen-bond acceptors (Lipinski definition) is 5. The molecule has 0 amide bonds. The van der Waals surface area contributed by atoms with Crippen LogP contribution in [-0.2, 0) is 15.1 Å². The topological polar surface area (TPSA) is 108 Å². The molecule has 7 nitrogen and oxygen atoms in total. The molecular weight excluding hydrogens is 428 g/mol. The summed E-state index contributed by atoms with van der Waals surface area (Å²) in [5.41, 5.74) is 8.68. The van der Waals surface area contributed by atoms with Crippen molar-refractivity contribution >= 4 is 5.97 Å². The molecule has 186 valence electrons. The van der Waals surface area contributed by atoms with Crippen LogP contribution >= 0.6 is 0 Å². The lowest BCUT2D eigenvalue weighted by atomic mass is 9.48. The number of aliphatic hydroxyl groups is 1. The van der Waals surface area contributed by atoms with Crippen LogP contribution in [0.15, 0.2) is 29.5 Å². The second kappa shape index (κ2) is 9.50. The van der Waals surface area contributed by atoms with Gasteiger partial charge in [0.1, 0.15) is 5.60 Å². The summed E-state index contributed by atoms with van der Waals surface area (Å²) in [7, 11) is 0. The van der Waals surface area contributed by atoms with E-state index >= 15 is 0 Å². The second-order valence-corrected chi connectivity index (χ2v) is 11.7. The van der Waals surface area contributed by atoms with Gasteiger partial charge in [-0.25, -0.2) is 0 Å². The predicted molar refractivity (Wildman–Crippen MR) is 130 cm³/mol. The van der Waals surface area contributed by atoms with Crippen molar-refractivity contribution in [3.05, 3.63) is 40.5 Å². The number of hydrogen-bond donors (Lipinski definition) is 1. The van der Waals surface area contributed by atoms with Crippen LogP contribution in [0.5, 0.6) is 0 Å². The van der Waals surface area contributed by atoms with E-state index in [1.165, 1.54) is 6.92 Å². The largest absolute Gasteiger partial charge is 0.466 e. The molecule has 34 heavy (non-hydrogen) atoms. The summed E-state index contributed by atoms with van der Waals surface area (Å²) < 4.78 is 5.56. The molecule has 1 aromatic rings. The van der Waals surface area contributed by atoms with Gasteiger partial charge in [-0.2, -0.15) is 0 Å². The molecule has 0 saturated heterocycles. The number of rotatable bonds is 6. The summed E-state index contributed by atoms with van der Waals surface area (Å²) in [5, 5.41) is 16.1. The summed E-state index contributed by atoms with van der Waals surface area (Å²) in [5.74, 6) is 1.46. The number of ether oxygens (including phenoxy) is 1. The van der Waals surface area contributed by atoms with Crippen molar-refractivity contribution in [2.24, 2.45) is 45.5 Å². The highest BCUT2D eigenvalue weighted by atomic mass is 16.5. The highest BCUT2D eigenvalue weighted by Gasteiger charge is 2.64. The Bertz CT molecular complexity index is 935. The van der Waals surface area contributed by atoms with Crippen LogP contribution in [0.4, 0.5) is 0 Å². The quantitative estimate of drug-likeness (QED) is 0.238. The summed E-state index contributed by atoms with van der Waals surface area (Å²) in [6, 6.07) is 5.78. The van der Waals surface area contributed by atoms with Crippen LogP contribution in [0.3, 0.4) is 0 Å². The van der Waals surface area contributed by atoms with Crippen molar-refractivity contribution in [1.29, 1.82) is 0 Å². The summed E-state index contributed by atoms with van der Waals surface area (Å²) in [6.07, 6.45) is 8.51. The zero-order chi connectivity index (χ0) is 24.6. The van der Waals surface area contributed by atoms with Gasteiger partial charge in [0, 0.05) is 30.0 Å². The number of carbonyl (C=O) groups is 1. The number of esters is 1. The fraction of sp³-hybridized carbons (Fsp3) is 0.778. The standard InChI is InChI=1S/C27H40N4O3/c1-18-8-11-25(3,20(15-18)17-34-19(2)32)22-9-12-26(4)23(21(22)16-30-31-28)10-13-27(26,33)24-7-5-6-14-29-24/h5-7,14,18,20-23,33H,8-13,15-17H2,1-4H3/t18-,20+,21+,22-,23-,25-,26-,27+/m0/s1. The molecule has 3 aliphatic carbocycles. The maximum Gasteiger partial charge on any atom is 0.302 e. The number of azide groups is 1. The van der Waals surface area contributed by atoms with Crippen molar-refractivity contribution in [1.82, 2.24) is 4.98 Å². The number of aromatic nitrogens is 1. The number of fused-ring (bicyclic) bond motifs is 1. The van der Waals surface area contributed by atoms with Gasteiger partial charge in [0.15, 0.2) is 0 Å². The van der Waals surface area contributed by atoms with E-state index < -0.39 is 5.60 Å². The first-order valence-electron chi connectivity index (χ1n) is 12.9. The third kappa shape index (κ3) is 4.11. The second-order valence-electron chi connectivity index (χ2n) is 11.7. The van der Waals surface area contributed by atoms with Crippen LogP contribution in [-0.4, -0.2) is 29.2 Å². The average molecular weight is 469 g/mol. The van der Waals surface area contributed by atoms with E-state index in [1.54, 1.807) is 6.20 Å². The Morgan fingerprint density at radius 2 is 2.00 bits per heavy atom. The molecule has 8 atom stereocenters. The third-order valence-electron chi connectivity index (χ3n) is 10.2. The minimum absolute atomic E-state index is 0.00460. The minimum Gasteiger partial charge on any atom is -0.466 e. The van der Waals surface area contributed by atoms with Gasteiger partial charge < -0.3 is 9.84 Å². The Hall–Kier alpha value is -2.11. The Balaban J connectivity index is 1.69. The molecular formula is C27H40N4O3. The molecule has 4 rings (SSSR count). The fourth-order valence-corrected chi connectivity index (χ4v) is 8.13.